The molecule has 0 aliphatic carbocycles. The number of anilines is 1. The molecular formula is C18H23N3O5S. The molecular weight excluding hydrogens is 370 g/mol. The third-order valence-corrected chi connectivity index (χ3v) is 5.10. The SMILES string of the molecule is CCC=C(C)C(=O)OCC(=O)Nc1cccc(S(=O)(=O)NC2=NCCC2)c1. The Balaban J connectivity index is 1.97. The first-order valence-electron chi connectivity index (χ1n) is 8.61. The Labute approximate surface area is 158 Å². The summed E-state index contributed by atoms with van der Waals surface area (Å²) in [5, 5.41) is 2.52. The van der Waals surface area contributed by atoms with Crippen molar-refractivity contribution in [3.8, 4) is 0 Å². The van der Waals surface area contributed by atoms with Gasteiger partial charge in [-0.05, 0) is 38.0 Å². The minimum atomic E-state index is -3.77. The summed E-state index contributed by atoms with van der Waals surface area (Å²) in [7, 11) is -3.77. The van der Waals surface area contributed by atoms with Crippen LogP contribution in [-0.2, 0) is 24.3 Å². The molecule has 0 atom stereocenters. The number of carbonyl (C=O) groups excluding carboxylic acids is 2. The Bertz CT molecular complexity index is 875. The van der Waals surface area contributed by atoms with Gasteiger partial charge in [0.05, 0.1) is 4.90 Å². The van der Waals surface area contributed by atoms with E-state index in [9.17, 15) is 18.0 Å². The predicted molar refractivity (Wildman–Crippen MR) is 102 cm³/mol. The highest BCUT2D eigenvalue weighted by molar-refractivity contribution is 7.90. The number of nitrogens with zero attached hydrogens (tertiary/aromatic N) is 1. The fourth-order valence-corrected chi connectivity index (χ4v) is 3.54. The zero-order valence-electron chi connectivity index (χ0n) is 15.3. The lowest BCUT2D eigenvalue weighted by Gasteiger charge is -2.10. The number of aliphatic imine (C=N–C) groups is 1. The Hall–Kier alpha value is -2.68. The number of nitrogens with one attached hydrogen (secondary N) is 2. The van der Waals surface area contributed by atoms with Crippen molar-refractivity contribution in [3.05, 3.63) is 35.9 Å². The molecule has 0 saturated carbocycles. The van der Waals surface area contributed by atoms with Crippen LogP contribution in [0.2, 0.25) is 0 Å². The maximum Gasteiger partial charge on any atom is 0.333 e. The van der Waals surface area contributed by atoms with Crippen LogP contribution in [-0.4, -0.2) is 39.3 Å². The van der Waals surface area contributed by atoms with Gasteiger partial charge in [-0.1, -0.05) is 19.1 Å². The largest absolute Gasteiger partial charge is 0.452 e. The first kappa shape index (κ1) is 20.6. The Kier molecular flexibility index (Phi) is 7.12. The van der Waals surface area contributed by atoms with E-state index in [0.717, 1.165) is 6.42 Å². The highest BCUT2D eigenvalue weighted by Crippen LogP contribution is 2.16. The van der Waals surface area contributed by atoms with Crippen molar-refractivity contribution in [1.29, 1.82) is 0 Å². The van der Waals surface area contributed by atoms with Gasteiger partial charge in [0.15, 0.2) is 6.61 Å². The molecule has 0 unspecified atom stereocenters. The summed E-state index contributed by atoms with van der Waals surface area (Å²) >= 11 is 0. The van der Waals surface area contributed by atoms with E-state index in [1.807, 2.05) is 6.92 Å². The molecule has 1 aromatic carbocycles. The fourth-order valence-electron chi connectivity index (χ4n) is 2.41. The van der Waals surface area contributed by atoms with E-state index in [-0.39, 0.29) is 10.6 Å². The number of sulfonamides is 1. The van der Waals surface area contributed by atoms with E-state index >= 15 is 0 Å². The monoisotopic (exact) mass is 393 g/mol. The van der Waals surface area contributed by atoms with Gasteiger partial charge in [0, 0.05) is 24.2 Å². The van der Waals surface area contributed by atoms with Crippen LogP contribution in [0.1, 0.15) is 33.1 Å². The van der Waals surface area contributed by atoms with Crippen LogP contribution in [0.25, 0.3) is 0 Å². The van der Waals surface area contributed by atoms with Crippen molar-refractivity contribution >= 4 is 33.4 Å². The average Bonchev–Trinajstić information content (AvgIpc) is 3.12. The zero-order valence-corrected chi connectivity index (χ0v) is 16.1. The molecule has 2 N–H and O–H groups in total. The van der Waals surface area contributed by atoms with Crippen LogP contribution in [0.3, 0.4) is 0 Å². The van der Waals surface area contributed by atoms with Gasteiger partial charge < -0.3 is 10.1 Å². The van der Waals surface area contributed by atoms with E-state index in [4.69, 9.17) is 4.74 Å². The van der Waals surface area contributed by atoms with Crippen LogP contribution in [0, 0.1) is 0 Å². The first-order valence-corrected chi connectivity index (χ1v) is 10.1. The molecule has 0 fully saturated rings. The van der Waals surface area contributed by atoms with E-state index in [1.165, 1.54) is 18.2 Å². The fraction of sp³-hybridized carbons (Fsp3) is 0.389. The lowest BCUT2D eigenvalue weighted by atomic mass is 10.2. The van der Waals surface area contributed by atoms with Crippen molar-refractivity contribution in [2.24, 2.45) is 4.99 Å². The van der Waals surface area contributed by atoms with Gasteiger partial charge >= 0.3 is 5.97 Å². The van der Waals surface area contributed by atoms with Crippen LogP contribution in [0.4, 0.5) is 5.69 Å². The highest BCUT2D eigenvalue weighted by atomic mass is 32.2. The maximum absolute atomic E-state index is 12.4. The van der Waals surface area contributed by atoms with E-state index in [0.29, 0.717) is 30.8 Å². The number of ether oxygens (including phenoxy) is 1. The molecule has 146 valence electrons. The summed E-state index contributed by atoms with van der Waals surface area (Å²) in [4.78, 5) is 27.7. The Morgan fingerprint density at radius 2 is 2.11 bits per heavy atom. The topological polar surface area (TPSA) is 114 Å². The Morgan fingerprint density at radius 3 is 2.78 bits per heavy atom. The third kappa shape index (κ3) is 6.21. The minimum absolute atomic E-state index is 0.00798. The quantitative estimate of drug-likeness (QED) is 0.543. The number of rotatable bonds is 7. The van der Waals surface area contributed by atoms with Crippen LogP contribution in [0.15, 0.2) is 45.8 Å². The van der Waals surface area contributed by atoms with Gasteiger partial charge in [-0.25, -0.2) is 13.2 Å². The molecule has 0 spiro atoms. The minimum Gasteiger partial charge on any atom is -0.452 e. The molecule has 1 aromatic rings. The zero-order chi connectivity index (χ0) is 19.9. The van der Waals surface area contributed by atoms with Gasteiger partial charge in [-0.15, -0.1) is 0 Å². The first-order chi connectivity index (χ1) is 12.8. The van der Waals surface area contributed by atoms with Crippen molar-refractivity contribution in [1.82, 2.24) is 4.72 Å². The molecule has 1 aliphatic rings. The standard InChI is InChI=1S/C18H23N3O5S/c1-3-6-13(2)18(23)26-12-17(22)20-14-7-4-8-15(11-14)27(24,25)21-16-9-5-10-19-16/h4,6-8,11H,3,5,9-10,12H2,1-2H3,(H,19,21)(H,20,22). The predicted octanol–water partition coefficient (Wildman–Crippen LogP) is 2.00. The van der Waals surface area contributed by atoms with Gasteiger partial charge in [-0.3, -0.25) is 14.5 Å². The third-order valence-electron chi connectivity index (χ3n) is 3.72. The molecule has 0 aromatic heterocycles. The molecule has 8 nitrogen and oxygen atoms in total. The molecule has 27 heavy (non-hydrogen) atoms. The van der Waals surface area contributed by atoms with Gasteiger partial charge in [0.1, 0.15) is 5.84 Å². The molecule has 1 amide bonds. The van der Waals surface area contributed by atoms with E-state index in [2.05, 4.69) is 15.0 Å². The number of benzene rings is 1. The van der Waals surface area contributed by atoms with Crippen molar-refractivity contribution in [2.75, 3.05) is 18.5 Å². The summed E-state index contributed by atoms with van der Waals surface area (Å²) in [5.74, 6) is -0.688. The van der Waals surface area contributed by atoms with Crippen LogP contribution >= 0.6 is 0 Å². The van der Waals surface area contributed by atoms with Gasteiger partial charge in [-0.2, -0.15) is 0 Å². The number of amidine groups is 1. The van der Waals surface area contributed by atoms with E-state index in [1.54, 1.807) is 19.1 Å². The molecule has 1 heterocycles. The van der Waals surface area contributed by atoms with Crippen LogP contribution in [0.5, 0.6) is 0 Å². The number of hydrogen-bond acceptors (Lipinski definition) is 6. The average molecular weight is 393 g/mol. The maximum atomic E-state index is 12.4. The Morgan fingerprint density at radius 1 is 1.33 bits per heavy atom. The number of esters is 1. The van der Waals surface area contributed by atoms with Crippen LogP contribution < -0.4 is 10.0 Å². The molecule has 1 aliphatic heterocycles. The molecule has 0 bridgehead atoms. The van der Waals surface area contributed by atoms with Gasteiger partial charge in [0.25, 0.3) is 15.9 Å². The number of hydrogen-bond donors (Lipinski definition) is 2. The normalized spacial score (nSPS) is 14.4. The van der Waals surface area contributed by atoms with E-state index < -0.39 is 28.5 Å². The summed E-state index contributed by atoms with van der Waals surface area (Å²) in [6, 6.07) is 5.82. The smallest absolute Gasteiger partial charge is 0.333 e. The number of allylic oxidation sites excluding steroid dienone is 1. The summed E-state index contributed by atoms with van der Waals surface area (Å²) in [6.07, 6.45) is 3.80. The van der Waals surface area contributed by atoms with Crippen molar-refractivity contribution in [3.63, 3.8) is 0 Å². The molecule has 9 heteroatoms. The second-order valence-electron chi connectivity index (χ2n) is 5.98. The second kappa shape index (κ2) is 9.31. The molecule has 0 saturated heterocycles. The molecule has 2 rings (SSSR count). The second-order valence-corrected chi connectivity index (χ2v) is 7.67. The lowest BCUT2D eigenvalue weighted by Crippen LogP contribution is -2.29. The number of amides is 1. The highest BCUT2D eigenvalue weighted by Gasteiger charge is 2.19. The molecule has 0 radical (unpaired) electrons. The van der Waals surface area contributed by atoms with Crippen molar-refractivity contribution < 1.29 is 22.7 Å². The summed E-state index contributed by atoms with van der Waals surface area (Å²) < 4.78 is 32.2. The van der Waals surface area contributed by atoms with Crippen molar-refractivity contribution in [2.45, 2.75) is 38.0 Å². The number of carbonyl (C=O) groups is 2. The van der Waals surface area contributed by atoms with Gasteiger partial charge in [0.2, 0.25) is 0 Å². The lowest BCUT2D eigenvalue weighted by molar-refractivity contribution is -0.143. The summed E-state index contributed by atoms with van der Waals surface area (Å²) in [5.41, 5.74) is 0.715. The summed E-state index contributed by atoms with van der Waals surface area (Å²) in [6.45, 7) is 3.65.